The first kappa shape index (κ1) is 18.1. The van der Waals surface area contributed by atoms with Gasteiger partial charge in [-0.1, -0.05) is 91.0 Å². The van der Waals surface area contributed by atoms with Crippen LogP contribution in [-0.4, -0.2) is 4.57 Å². The number of fused-ring (bicyclic) bond motifs is 5. The zero-order valence-electron chi connectivity index (χ0n) is 18.8. The molecule has 7 aromatic carbocycles. The van der Waals surface area contributed by atoms with E-state index in [2.05, 4.69) is 121 Å². The molecule has 0 fully saturated rings. The molecule has 0 bridgehead atoms. The summed E-state index contributed by atoms with van der Waals surface area (Å²) in [6, 6.07) is 40.5. The van der Waals surface area contributed by atoms with E-state index in [9.17, 15) is 0 Å². The highest BCUT2D eigenvalue weighted by Gasteiger charge is 2.15. The third-order valence-electron chi connectivity index (χ3n) is 7.74. The van der Waals surface area contributed by atoms with Crippen molar-refractivity contribution in [2.24, 2.45) is 7.05 Å². The van der Waals surface area contributed by atoms with Crippen molar-refractivity contribution < 1.29 is 0 Å². The van der Waals surface area contributed by atoms with Gasteiger partial charge in [-0.3, -0.25) is 0 Å². The molecule has 0 spiro atoms. The second-order valence-electron chi connectivity index (χ2n) is 9.44. The molecular formula is C33H21N. The lowest BCUT2D eigenvalue weighted by molar-refractivity contribution is 1.01. The van der Waals surface area contributed by atoms with Gasteiger partial charge in [0.25, 0.3) is 0 Å². The van der Waals surface area contributed by atoms with E-state index in [1.54, 1.807) is 0 Å². The Morgan fingerprint density at radius 2 is 1.12 bits per heavy atom. The fourth-order valence-corrected chi connectivity index (χ4v) is 6.14. The van der Waals surface area contributed by atoms with Crippen LogP contribution in [0.1, 0.15) is 0 Å². The fraction of sp³-hybridized carbons (Fsp3) is 0.0303. The highest BCUT2D eigenvalue weighted by molar-refractivity contribution is 6.26. The summed E-state index contributed by atoms with van der Waals surface area (Å²) < 4.78 is 2.32. The maximum Gasteiger partial charge on any atom is 0.0495 e. The van der Waals surface area contributed by atoms with E-state index in [0.717, 1.165) is 0 Å². The van der Waals surface area contributed by atoms with Crippen LogP contribution < -0.4 is 0 Å². The Morgan fingerprint density at radius 3 is 2.00 bits per heavy atom. The van der Waals surface area contributed by atoms with Gasteiger partial charge in [-0.15, -0.1) is 0 Å². The van der Waals surface area contributed by atoms with E-state index >= 15 is 0 Å². The van der Waals surface area contributed by atoms with Crippen molar-refractivity contribution in [2.75, 3.05) is 0 Å². The van der Waals surface area contributed by atoms with Crippen LogP contribution in [0.15, 0.2) is 109 Å². The first-order valence-electron chi connectivity index (χ1n) is 11.8. The largest absolute Gasteiger partial charge is 0.344 e. The summed E-state index contributed by atoms with van der Waals surface area (Å²) in [5.74, 6) is 0. The summed E-state index contributed by atoms with van der Waals surface area (Å²) >= 11 is 0. The van der Waals surface area contributed by atoms with Crippen molar-refractivity contribution in [3.05, 3.63) is 109 Å². The molecule has 0 saturated heterocycles. The van der Waals surface area contributed by atoms with Gasteiger partial charge in [0.05, 0.1) is 0 Å². The molecule has 0 aliphatic rings. The van der Waals surface area contributed by atoms with Gasteiger partial charge in [-0.05, 0) is 72.4 Å². The molecule has 0 saturated carbocycles. The lowest BCUT2D eigenvalue weighted by atomic mass is 9.89. The summed E-state index contributed by atoms with van der Waals surface area (Å²) in [5, 5.41) is 13.3. The number of benzene rings is 7. The number of hydrogen-bond donors (Lipinski definition) is 0. The van der Waals surface area contributed by atoms with Crippen molar-refractivity contribution in [3.8, 4) is 11.1 Å². The van der Waals surface area contributed by atoms with E-state index in [1.165, 1.54) is 76.0 Å². The number of aromatic nitrogens is 1. The maximum atomic E-state index is 2.40. The monoisotopic (exact) mass is 431 g/mol. The quantitative estimate of drug-likeness (QED) is 0.228. The molecule has 0 atom stereocenters. The molecular weight excluding hydrogens is 410 g/mol. The molecule has 0 N–H and O–H groups in total. The number of rotatable bonds is 1. The minimum absolute atomic E-state index is 1.27. The molecule has 8 rings (SSSR count). The van der Waals surface area contributed by atoms with E-state index in [-0.39, 0.29) is 0 Å². The van der Waals surface area contributed by atoms with E-state index < -0.39 is 0 Å². The Bertz CT molecular complexity index is 2060. The Balaban J connectivity index is 1.50. The van der Waals surface area contributed by atoms with Crippen LogP contribution in [-0.2, 0) is 7.05 Å². The van der Waals surface area contributed by atoms with Crippen LogP contribution in [0.2, 0.25) is 0 Å². The molecule has 0 amide bonds. The first-order chi connectivity index (χ1) is 16.8. The zero-order valence-corrected chi connectivity index (χ0v) is 18.8. The number of nitrogens with zero attached hydrogens (tertiary/aromatic N) is 1. The van der Waals surface area contributed by atoms with Gasteiger partial charge in [0, 0.05) is 28.9 Å². The maximum absolute atomic E-state index is 2.40. The minimum atomic E-state index is 1.27. The van der Waals surface area contributed by atoms with Crippen LogP contribution in [0.25, 0.3) is 76.0 Å². The second-order valence-corrected chi connectivity index (χ2v) is 9.44. The summed E-state index contributed by atoms with van der Waals surface area (Å²) in [7, 11) is 2.18. The molecule has 1 aromatic heterocycles. The molecule has 0 radical (unpaired) electrons. The fourth-order valence-electron chi connectivity index (χ4n) is 6.14. The van der Waals surface area contributed by atoms with Crippen molar-refractivity contribution in [1.82, 2.24) is 4.57 Å². The summed E-state index contributed by atoms with van der Waals surface area (Å²) in [5.41, 5.74) is 5.12. The van der Waals surface area contributed by atoms with Gasteiger partial charge in [-0.2, -0.15) is 0 Å². The van der Waals surface area contributed by atoms with E-state index in [1.807, 2.05) is 0 Å². The molecule has 1 nitrogen and oxygen atoms in total. The Hall–Kier alpha value is -4.36. The third kappa shape index (κ3) is 2.24. The molecule has 8 aromatic rings. The standard InChI is InChI=1S/C33H21N/c1-34-29-17-14-24(19-28(29)33-26-8-3-2-5-20(26)13-18-30(33)34)25-15-11-23-10-9-21-6-4-7-22-12-16-27(25)32(23)31(21)22/h2-19H,1H3. The molecule has 1 heterocycles. The highest BCUT2D eigenvalue weighted by atomic mass is 14.9. The molecule has 0 aliphatic heterocycles. The third-order valence-corrected chi connectivity index (χ3v) is 7.74. The lowest BCUT2D eigenvalue weighted by Gasteiger charge is -2.14. The molecule has 1 heteroatoms. The minimum Gasteiger partial charge on any atom is -0.344 e. The number of hydrogen-bond acceptors (Lipinski definition) is 0. The zero-order chi connectivity index (χ0) is 22.4. The highest BCUT2D eigenvalue weighted by Crippen LogP contribution is 2.41. The van der Waals surface area contributed by atoms with E-state index in [4.69, 9.17) is 0 Å². The van der Waals surface area contributed by atoms with Gasteiger partial charge in [0.2, 0.25) is 0 Å². The summed E-state index contributed by atoms with van der Waals surface area (Å²) in [6.45, 7) is 0. The molecule has 158 valence electrons. The van der Waals surface area contributed by atoms with Gasteiger partial charge in [-0.25, -0.2) is 0 Å². The molecule has 34 heavy (non-hydrogen) atoms. The van der Waals surface area contributed by atoms with Gasteiger partial charge in [0.1, 0.15) is 0 Å². The van der Waals surface area contributed by atoms with Crippen LogP contribution in [0.5, 0.6) is 0 Å². The SMILES string of the molecule is Cn1c2ccc(-c3ccc4ccc5cccc6ccc3c4c56)cc2c2c3ccccc3ccc21. The van der Waals surface area contributed by atoms with Crippen LogP contribution in [0, 0.1) is 0 Å². The lowest BCUT2D eigenvalue weighted by Crippen LogP contribution is -1.88. The predicted octanol–water partition coefficient (Wildman–Crippen LogP) is 9.05. The van der Waals surface area contributed by atoms with Crippen LogP contribution >= 0.6 is 0 Å². The Labute approximate surface area is 196 Å². The average molecular weight is 432 g/mol. The van der Waals surface area contributed by atoms with Crippen molar-refractivity contribution in [1.29, 1.82) is 0 Å². The van der Waals surface area contributed by atoms with Crippen molar-refractivity contribution in [2.45, 2.75) is 0 Å². The molecule has 0 unspecified atom stereocenters. The van der Waals surface area contributed by atoms with Crippen molar-refractivity contribution >= 4 is 64.9 Å². The van der Waals surface area contributed by atoms with Crippen molar-refractivity contribution in [3.63, 3.8) is 0 Å². The van der Waals surface area contributed by atoms with Gasteiger partial charge >= 0.3 is 0 Å². The first-order valence-corrected chi connectivity index (χ1v) is 11.8. The number of aryl methyl sites for hydroxylation is 1. The van der Waals surface area contributed by atoms with Gasteiger partial charge in [0.15, 0.2) is 0 Å². The summed E-state index contributed by atoms with van der Waals surface area (Å²) in [4.78, 5) is 0. The predicted molar refractivity (Wildman–Crippen MR) is 147 cm³/mol. The van der Waals surface area contributed by atoms with Crippen LogP contribution in [0.3, 0.4) is 0 Å². The molecule has 0 aliphatic carbocycles. The van der Waals surface area contributed by atoms with Crippen LogP contribution in [0.4, 0.5) is 0 Å². The van der Waals surface area contributed by atoms with Gasteiger partial charge < -0.3 is 4.57 Å². The normalized spacial score (nSPS) is 12.3. The van der Waals surface area contributed by atoms with E-state index in [0.29, 0.717) is 0 Å². The smallest absolute Gasteiger partial charge is 0.0495 e. The average Bonchev–Trinajstić information content (AvgIpc) is 3.19. The Morgan fingerprint density at radius 1 is 0.441 bits per heavy atom. The summed E-state index contributed by atoms with van der Waals surface area (Å²) in [6.07, 6.45) is 0. The topological polar surface area (TPSA) is 4.93 Å². The second kappa shape index (κ2) is 6.36. The Kier molecular flexibility index (Phi) is 3.39.